The van der Waals surface area contributed by atoms with Gasteiger partial charge in [0.05, 0.1) is 18.0 Å². The zero-order chi connectivity index (χ0) is 15.2. The number of hydrogen-bond donors (Lipinski definition) is 1. The monoisotopic (exact) mass is 351 g/mol. The Hall–Kier alpha value is -1.88. The largest absolute Gasteiger partial charge is 0.469 e. The summed E-state index contributed by atoms with van der Waals surface area (Å²) in [6.07, 6.45) is 0.238. The normalized spacial score (nSPS) is 10.2. The molecular weight excluding hydrogens is 337 g/mol. The molecule has 1 N–H and O–H groups in total. The number of anilines is 1. The maximum absolute atomic E-state index is 13.2. The molecule has 2 aromatic rings. The van der Waals surface area contributed by atoms with Gasteiger partial charge in [-0.05, 0) is 45.3 Å². The molecule has 0 bridgehead atoms. The first kappa shape index (κ1) is 15.5. The highest BCUT2D eigenvalue weighted by Gasteiger charge is 2.08. The van der Waals surface area contributed by atoms with Crippen LogP contribution in [-0.4, -0.2) is 13.1 Å². The fourth-order valence-corrected chi connectivity index (χ4v) is 2.31. The highest BCUT2D eigenvalue weighted by Crippen LogP contribution is 2.21. The second-order valence-corrected chi connectivity index (χ2v) is 5.36. The van der Waals surface area contributed by atoms with Gasteiger partial charge in [-0.15, -0.1) is 0 Å². The third-order valence-corrected chi connectivity index (χ3v) is 3.69. The van der Waals surface area contributed by atoms with E-state index in [4.69, 9.17) is 4.74 Å². The van der Waals surface area contributed by atoms with Crippen molar-refractivity contribution in [3.63, 3.8) is 0 Å². The molecule has 0 atom stereocenters. The summed E-state index contributed by atoms with van der Waals surface area (Å²) >= 11 is 3.15. The quantitative estimate of drug-likeness (QED) is 0.829. The van der Waals surface area contributed by atoms with Gasteiger partial charge in [0, 0.05) is 12.2 Å². The van der Waals surface area contributed by atoms with Gasteiger partial charge < -0.3 is 10.1 Å². The van der Waals surface area contributed by atoms with Gasteiger partial charge in [-0.2, -0.15) is 0 Å². The summed E-state index contributed by atoms with van der Waals surface area (Å²) in [4.78, 5) is 11.4. The number of carbonyl (C=O) groups excluding carboxylic acids is 1. The first-order valence-corrected chi connectivity index (χ1v) is 7.22. The number of hydrogen-bond acceptors (Lipinski definition) is 3. The second-order valence-electron chi connectivity index (χ2n) is 4.50. The minimum absolute atomic E-state index is 0.238. The van der Waals surface area contributed by atoms with Crippen molar-refractivity contribution in [1.82, 2.24) is 0 Å². The Kier molecular flexibility index (Phi) is 5.33. The third-order valence-electron chi connectivity index (χ3n) is 3.08. The lowest BCUT2D eigenvalue weighted by atomic mass is 10.0. The Morgan fingerprint density at radius 3 is 2.62 bits per heavy atom. The Labute approximate surface area is 131 Å². The maximum Gasteiger partial charge on any atom is 0.309 e. The van der Waals surface area contributed by atoms with E-state index < -0.39 is 0 Å². The van der Waals surface area contributed by atoms with Crippen molar-refractivity contribution in [3.05, 3.63) is 63.9 Å². The second kappa shape index (κ2) is 7.22. The highest BCUT2D eigenvalue weighted by molar-refractivity contribution is 9.10. The van der Waals surface area contributed by atoms with Gasteiger partial charge in [0.2, 0.25) is 0 Å². The Bertz CT molecular complexity index is 646. The lowest BCUT2D eigenvalue weighted by molar-refractivity contribution is -0.139. The molecule has 0 unspecified atom stereocenters. The summed E-state index contributed by atoms with van der Waals surface area (Å²) in [6, 6.07) is 12.4. The van der Waals surface area contributed by atoms with Crippen LogP contribution in [0.15, 0.2) is 46.9 Å². The van der Waals surface area contributed by atoms with Crippen LogP contribution >= 0.6 is 15.9 Å². The van der Waals surface area contributed by atoms with Crippen molar-refractivity contribution in [3.8, 4) is 0 Å². The van der Waals surface area contributed by atoms with Gasteiger partial charge in [-0.1, -0.05) is 24.3 Å². The number of nitrogens with one attached hydrogen (secondary N) is 1. The molecule has 2 aromatic carbocycles. The molecule has 0 spiro atoms. The fourth-order valence-electron chi connectivity index (χ4n) is 1.93. The highest BCUT2D eigenvalue weighted by atomic mass is 79.9. The van der Waals surface area contributed by atoms with Crippen LogP contribution in [0, 0.1) is 5.82 Å². The van der Waals surface area contributed by atoms with Gasteiger partial charge in [0.15, 0.2) is 0 Å². The van der Waals surface area contributed by atoms with Crippen LogP contribution in [-0.2, 0) is 22.5 Å². The summed E-state index contributed by atoms with van der Waals surface area (Å²) in [6.45, 7) is 0.547. The molecule has 3 nitrogen and oxygen atoms in total. The van der Waals surface area contributed by atoms with Crippen molar-refractivity contribution in [2.75, 3.05) is 12.4 Å². The predicted octanol–water partition coefficient (Wildman–Crippen LogP) is 3.92. The molecule has 2 rings (SSSR count). The van der Waals surface area contributed by atoms with Crippen LogP contribution in [0.3, 0.4) is 0 Å². The predicted molar refractivity (Wildman–Crippen MR) is 83.6 cm³/mol. The lowest BCUT2D eigenvalue weighted by Crippen LogP contribution is -2.09. The zero-order valence-corrected chi connectivity index (χ0v) is 13.1. The molecule has 0 fully saturated rings. The topological polar surface area (TPSA) is 38.3 Å². The van der Waals surface area contributed by atoms with E-state index in [1.807, 2.05) is 24.3 Å². The summed E-state index contributed by atoms with van der Waals surface area (Å²) in [7, 11) is 1.37. The number of carbonyl (C=O) groups is 1. The number of methoxy groups -OCH3 is 1. The minimum Gasteiger partial charge on any atom is -0.469 e. The minimum atomic E-state index is -0.299. The van der Waals surface area contributed by atoms with Crippen LogP contribution in [0.25, 0.3) is 0 Å². The van der Waals surface area contributed by atoms with E-state index >= 15 is 0 Å². The smallest absolute Gasteiger partial charge is 0.309 e. The SMILES string of the molecule is COC(=O)Cc1ccccc1CNc1ccc(F)c(Br)c1. The molecule has 0 heterocycles. The first-order valence-electron chi connectivity index (χ1n) is 6.42. The van der Waals surface area contributed by atoms with Gasteiger partial charge in [0.1, 0.15) is 5.82 Å². The number of esters is 1. The summed E-state index contributed by atoms with van der Waals surface area (Å²) in [5.41, 5.74) is 2.72. The summed E-state index contributed by atoms with van der Waals surface area (Å²) < 4.78 is 18.3. The van der Waals surface area contributed by atoms with E-state index in [0.29, 0.717) is 11.0 Å². The maximum atomic E-state index is 13.2. The average molecular weight is 352 g/mol. The van der Waals surface area contributed by atoms with Gasteiger partial charge >= 0.3 is 5.97 Å². The molecule has 5 heteroatoms. The van der Waals surface area contributed by atoms with Crippen molar-refractivity contribution in [2.24, 2.45) is 0 Å². The molecule has 0 saturated heterocycles. The van der Waals surface area contributed by atoms with Crippen LogP contribution < -0.4 is 5.32 Å². The van der Waals surface area contributed by atoms with Gasteiger partial charge in [-0.25, -0.2) is 4.39 Å². The van der Waals surface area contributed by atoms with Gasteiger partial charge in [-0.3, -0.25) is 4.79 Å². The van der Waals surface area contributed by atoms with Crippen molar-refractivity contribution < 1.29 is 13.9 Å². The summed E-state index contributed by atoms with van der Waals surface area (Å²) in [5.74, 6) is -0.571. The molecule has 0 saturated carbocycles. The summed E-state index contributed by atoms with van der Waals surface area (Å²) in [5, 5.41) is 3.21. The standard InChI is InChI=1S/C16H15BrFNO2/c1-21-16(20)8-11-4-2-3-5-12(11)10-19-13-6-7-15(18)14(17)9-13/h2-7,9,19H,8,10H2,1H3. The zero-order valence-electron chi connectivity index (χ0n) is 11.5. The molecular formula is C16H15BrFNO2. The lowest BCUT2D eigenvalue weighted by Gasteiger charge is -2.11. The molecule has 0 aliphatic rings. The van der Waals surface area contributed by atoms with Crippen molar-refractivity contribution in [1.29, 1.82) is 0 Å². The van der Waals surface area contributed by atoms with Crippen molar-refractivity contribution in [2.45, 2.75) is 13.0 Å². The molecule has 0 amide bonds. The Balaban J connectivity index is 2.09. The molecule has 0 aliphatic heterocycles. The molecule has 21 heavy (non-hydrogen) atoms. The average Bonchev–Trinajstić information content (AvgIpc) is 2.49. The number of ether oxygens (including phenoxy) is 1. The number of benzene rings is 2. The molecule has 0 aromatic heterocycles. The molecule has 0 radical (unpaired) electrons. The van der Waals surface area contributed by atoms with Crippen molar-refractivity contribution >= 4 is 27.6 Å². The van der Waals surface area contributed by atoms with Crippen LogP contribution in [0.4, 0.5) is 10.1 Å². The van der Waals surface area contributed by atoms with E-state index in [0.717, 1.165) is 16.8 Å². The number of rotatable bonds is 5. The molecule has 0 aliphatic carbocycles. The fraction of sp³-hybridized carbons (Fsp3) is 0.188. The van der Waals surface area contributed by atoms with E-state index in [2.05, 4.69) is 21.2 Å². The Morgan fingerprint density at radius 1 is 1.24 bits per heavy atom. The number of halogens is 2. The first-order chi connectivity index (χ1) is 10.1. The van der Waals surface area contributed by atoms with E-state index in [1.54, 1.807) is 12.1 Å². The van der Waals surface area contributed by atoms with Crippen LogP contribution in [0.1, 0.15) is 11.1 Å². The van der Waals surface area contributed by atoms with E-state index in [-0.39, 0.29) is 18.2 Å². The van der Waals surface area contributed by atoms with E-state index in [1.165, 1.54) is 13.2 Å². The molecule has 110 valence electrons. The Morgan fingerprint density at radius 2 is 1.95 bits per heavy atom. The van der Waals surface area contributed by atoms with Gasteiger partial charge in [0.25, 0.3) is 0 Å². The van der Waals surface area contributed by atoms with E-state index in [9.17, 15) is 9.18 Å². The third kappa shape index (κ3) is 4.29. The van der Waals surface area contributed by atoms with Crippen LogP contribution in [0.2, 0.25) is 0 Å². The van der Waals surface area contributed by atoms with Crippen LogP contribution in [0.5, 0.6) is 0 Å².